The van der Waals surface area contributed by atoms with E-state index in [0.717, 1.165) is 47.8 Å². The third-order valence-corrected chi connectivity index (χ3v) is 7.65. The third kappa shape index (κ3) is 3.98. The first-order valence-electron chi connectivity index (χ1n) is 12.6. The van der Waals surface area contributed by atoms with E-state index in [2.05, 4.69) is 4.90 Å². The zero-order valence-electron chi connectivity index (χ0n) is 21.4. The van der Waals surface area contributed by atoms with Crippen LogP contribution < -0.4 is 9.64 Å². The highest BCUT2D eigenvalue weighted by Crippen LogP contribution is 2.56. The number of piperidine rings is 1. The molecule has 0 spiro atoms. The summed E-state index contributed by atoms with van der Waals surface area (Å²) < 4.78 is 48.9. The quantitative estimate of drug-likeness (QED) is 0.509. The van der Waals surface area contributed by atoms with E-state index in [1.807, 2.05) is 26.8 Å². The molecule has 0 saturated carbocycles. The van der Waals surface area contributed by atoms with Gasteiger partial charge in [-0.3, -0.25) is 0 Å². The Labute approximate surface area is 209 Å². The summed E-state index contributed by atoms with van der Waals surface area (Å²) >= 11 is 0. The number of carbonyl (C=O) groups is 1. The van der Waals surface area contributed by atoms with Crippen molar-refractivity contribution in [3.05, 3.63) is 46.5 Å². The normalized spacial score (nSPS) is 21.1. The SMILES string of the molecule is CC(C)Oc1ccc(-c2cc3c4c(c2C(C)(C)C)[C@@H]2CN(C(=O)O)CC[C@@H]2N4CC3)c(C(F)(F)F)c1. The van der Waals surface area contributed by atoms with Gasteiger partial charge in [0.05, 0.1) is 11.7 Å². The summed E-state index contributed by atoms with van der Waals surface area (Å²) in [5.74, 6) is 0.135. The summed E-state index contributed by atoms with van der Waals surface area (Å²) in [6.07, 6.45) is -4.24. The predicted molar refractivity (Wildman–Crippen MR) is 133 cm³/mol. The van der Waals surface area contributed by atoms with Gasteiger partial charge in [0.2, 0.25) is 0 Å². The molecule has 36 heavy (non-hydrogen) atoms. The Bertz CT molecular complexity index is 1220. The fraction of sp³-hybridized carbons (Fsp3) is 0.536. The zero-order valence-corrected chi connectivity index (χ0v) is 21.4. The van der Waals surface area contributed by atoms with Crippen LogP contribution in [-0.4, -0.2) is 47.9 Å². The van der Waals surface area contributed by atoms with Gasteiger partial charge in [-0.15, -0.1) is 0 Å². The van der Waals surface area contributed by atoms with E-state index in [0.29, 0.717) is 18.7 Å². The number of benzene rings is 2. The van der Waals surface area contributed by atoms with Gasteiger partial charge in [0, 0.05) is 37.3 Å². The second-order valence-corrected chi connectivity index (χ2v) is 11.5. The van der Waals surface area contributed by atoms with Crippen LogP contribution in [-0.2, 0) is 18.0 Å². The minimum absolute atomic E-state index is 0.0593. The second-order valence-electron chi connectivity index (χ2n) is 11.5. The van der Waals surface area contributed by atoms with Crippen LogP contribution in [0.4, 0.5) is 23.7 Å². The Morgan fingerprint density at radius 2 is 1.83 bits per heavy atom. The lowest BCUT2D eigenvalue weighted by Gasteiger charge is -2.38. The first-order valence-corrected chi connectivity index (χ1v) is 12.6. The molecule has 3 aliphatic rings. The minimum Gasteiger partial charge on any atom is -0.491 e. The van der Waals surface area contributed by atoms with Crippen LogP contribution in [0.15, 0.2) is 24.3 Å². The Morgan fingerprint density at radius 3 is 2.44 bits per heavy atom. The number of alkyl halides is 3. The monoisotopic (exact) mass is 502 g/mol. The van der Waals surface area contributed by atoms with Crippen LogP contribution >= 0.6 is 0 Å². The first-order chi connectivity index (χ1) is 16.8. The summed E-state index contributed by atoms with van der Waals surface area (Å²) in [6, 6.07) is 6.39. The number of halogens is 3. The molecule has 3 aliphatic heterocycles. The van der Waals surface area contributed by atoms with Crippen molar-refractivity contribution in [2.24, 2.45) is 0 Å². The number of fused-ring (bicyclic) bond motifs is 3. The third-order valence-electron chi connectivity index (χ3n) is 7.65. The molecule has 0 aliphatic carbocycles. The van der Waals surface area contributed by atoms with Gasteiger partial charge < -0.3 is 19.6 Å². The average molecular weight is 503 g/mol. The average Bonchev–Trinajstić information content (AvgIpc) is 3.33. The van der Waals surface area contributed by atoms with Crippen LogP contribution in [0.5, 0.6) is 5.75 Å². The fourth-order valence-electron chi connectivity index (χ4n) is 6.46. The molecular formula is C28H33F3N2O3. The number of carboxylic acid groups (broad SMARTS) is 1. The predicted octanol–water partition coefficient (Wildman–Crippen LogP) is 6.67. The molecule has 2 aromatic carbocycles. The van der Waals surface area contributed by atoms with E-state index < -0.39 is 23.2 Å². The highest BCUT2D eigenvalue weighted by Gasteiger charge is 2.49. The second kappa shape index (κ2) is 8.32. The van der Waals surface area contributed by atoms with Crippen molar-refractivity contribution in [1.82, 2.24) is 4.90 Å². The van der Waals surface area contributed by atoms with E-state index in [1.165, 1.54) is 11.0 Å². The van der Waals surface area contributed by atoms with Crippen molar-refractivity contribution < 1.29 is 27.8 Å². The topological polar surface area (TPSA) is 53.0 Å². The number of anilines is 1. The van der Waals surface area contributed by atoms with Gasteiger partial charge in [-0.25, -0.2) is 4.79 Å². The number of likely N-dealkylation sites (tertiary alicyclic amines) is 1. The number of nitrogens with zero attached hydrogens (tertiary/aromatic N) is 2. The molecular weight excluding hydrogens is 469 g/mol. The van der Waals surface area contributed by atoms with Crippen molar-refractivity contribution in [2.75, 3.05) is 24.5 Å². The van der Waals surface area contributed by atoms with Crippen LogP contribution in [0.2, 0.25) is 0 Å². The summed E-state index contributed by atoms with van der Waals surface area (Å²) in [5, 5.41) is 9.69. The maximum Gasteiger partial charge on any atom is 0.417 e. The van der Waals surface area contributed by atoms with Crippen LogP contribution in [0.1, 0.15) is 69.2 Å². The maximum absolute atomic E-state index is 14.4. The number of amides is 1. The van der Waals surface area contributed by atoms with E-state index in [4.69, 9.17) is 4.74 Å². The highest BCUT2D eigenvalue weighted by atomic mass is 19.4. The number of rotatable bonds is 3. The smallest absolute Gasteiger partial charge is 0.417 e. The fourth-order valence-corrected chi connectivity index (χ4v) is 6.46. The summed E-state index contributed by atoms with van der Waals surface area (Å²) in [7, 11) is 0. The van der Waals surface area contributed by atoms with Gasteiger partial charge in [-0.1, -0.05) is 26.8 Å². The molecule has 1 amide bonds. The van der Waals surface area contributed by atoms with Gasteiger partial charge in [-0.05, 0) is 78.1 Å². The zero-order chi connectivity index (χ0) is 26.2. The molecule has 5 nitrogen and oxygen atoms in total. The van der Waals surface area contributed by atoms with Crippen LogP contribution in [0, 0.1) is 0 Å². The minimum atomic E-state index is -4.56. The van der Waals surface area contributed by atoms with Crippen molar-refractivity contribution in [3.63, 3.8) is 0 Å². The molecule has 0 aromatic heterocycles. The van der Waals surface area contributed by atoms with Crippen molar-refractivity contribution in [2.45, 2.75) is 77.1 Å². The van der Waals surface area contributed by atoms with Crippen molar-refractivity contribution >= 4 is 11.8 Å². The van der Waals surface area contributed by atoms with E-state index in [9.17, 15) is 23.1 Å². The molecule has 2 atom stereocenters. The lowest BCUT2D eigenvalue weighted by Crippen LogP contribution is -2.47. The Morgan fingerprint density at radius 1 is 1.11 bits per heavy atom. The molecule has 8 heteroatoms. The summed E-state index contributed by atoms with van der Waals surface area (Å²) in [4.78, 5) is 15.7. The number of hydrogen-bond acceptors (Lipinski definition) is 3. The van der Waals surface area contributed by atoms with Crippen LogP contribution in [0.3, 0.4) is 0 Å². The molecule has 1 saturated heterocycles. The highest BCUT2D eigenvalue weighted by molar-refractivity contribution is 5.84. The van der Waals surface area contributed by atoms with Gasteiger partial charge in [0.25, 0.3) is 0 Å². The van der Waals surface area contributed by atoms with E-state index >= 15 is 0 Å². The molecule has 5 rings (SSSR count). The standard InChI is InChI=1S/C28H33F3N2O3/c1-15(2)36-17-6-7-18(21(13-17)28(29,30)31)19-12-16-8-11-33-22-9-10-32(26(34)35)14-20(22)23(25(16)33)24(19)27(3,4)5/h6-7,12-13,15,20,22H,8-11,14H2,1-5H3,(H,34,35)/t20-,22+/m1/s1. The lowest BCUT2D eigenvalue weighted by atomic mass is 9.73. The molecule has 3 heterocycles. The van der Waals surface area contributed by atoms with Crippen molar-refractivity contribution in [3.8, 4) is 16.9 Å². The lowest BCUT2D eigenvalue weighted by molar-refractivity contribution is -0.137. The molecule has 1 N–H and O–H groups in total. The van der Waals surface area contributed by atoms with Crippen LogP contribution in [0.25, 0.3) is 11.1 Å². The molecule has 2 aromatic rings. The Hall–Kier alpha value is -2.90. The first kappa shape index (κ1) is 24.8. The maximum atomic E-state index is 14.4. The van der Waals surface area contributed by atoms with Gasteiger partial charge in [0.15, 0.2) is 0 Å². The Kier molecular flexibility index (Phi) is 5.72. The molecule has 0 unspecified atom stereocenters. The Balaban J connectivity index is 1.76. The summed E-state index contributed by atoms with van der Waals surface area (Å²) in [5.41, 5.74) is 3.68. The molecule has 194 valence electrons. The van der Waals surface area contributed by atoms with Crippen molar-refractivity contribution in [1.29, 1.82) is 0 Å². The summed E-state index contributed by atoms with van der Waals surface area (Å²) in [6.45, 7) is 11.3. The molecule has 0 bridgehead atoms. The molecule has 0 radical (unpaired) electrons. The number of hydrogen-bond donors (Lipinski definition) is 1. The van der Waals surface area contributed by atoms with Gasteiger partial charge in [0.1, 0.15) is 5.75 Å². The number of ether oxygens (including phenoxy) is 1. The van der Waals surface area contributed by atoms with E-state index in [-0.39, 0.29) is 29.4 Å². The molecule has 1 fully saturated rings. The van der Waals surface area contributed by atoms with Gasteiger partial charge in [-0.2, -0.15) is 13.2 Å². The van der Waals surface area contributed by atoms with Gasteiger partial charge >= 0.3 is 12.3 Å². The largest absolute Gasteiger partial charge is 0.491 e. The van der Waals surface area contributed by atoms with E-state index in [1.54, 1.807) is 19.9 Å².